The van der Waals surface area contributed by atoms with E-state index >= 15 is 0 Å². The molecule has 0 heterocycles. The Kier molecular flexibility index (Phi) is 6.79. The normalized spacial score (nSPS) is 11.4. The number of hydroxylamine groups is 1. The second-order valence-corrected chi connectivity index (χ2v) is 4.98. The number of nitrogens with one attached hydrogen (secondary N) is 1. The standard InChI is InChI=1S/C18H19NO5/c1-22-17(20)16(12-14-8-4-2-5-9-14)24-19-18(21)23-13-15-10-6-3-7-11-15/h2-11,16H,12-13H2,1H3,(H,19,21)/t16-/m1/s1. The van der Waals surface area contributed by atoms with E-state index in [4.69, 9.17) is 14.3 Å². The first kappa shape index (κ1) is 17.5. The Balaban J connectivity index is 1.83. The molecule has 0 aliphatic carbocycles. The zero-order chi connectivity index (χ0) is 17.2. The molecule has 6 nitrogen and oxygen atoms in total. The van der Waals surface area contributed by atoms with E-state index < -0.39 is 18.2 Å². The summed E-state index contributed by atoms with van der Waals surface area (Å²) in [6.07, 6.45) is -1.46. The topological polar surface area (TPSA) is 73.9 Å². The van der Waals surface area contributed by atoms with Crippen LogP contribution in [0.25, 0.3) is 0 Å². The zero-order valence-corrected chi connectivity index (χ0v) is 13.3. The van der Waals surface area contributed by atoms with Gasteiger partial charge in [-0.3, -0.25) is 4.84 Å². The summed E-state index contributed by atoms with van der Waals surface area (Å²) in [5.74, 6) is -0.581. The Hall–Kier alpha value is -2.86. The number of benzene rings is 2. The maximum atomic E-state index is 11.8. The van der Waals surface area contributed by atoms with Gasteiger partial charge in [-0.05, 0) is 11.1 Å². The number of carbonyl (C=O) groups is 2. The highest BCUT2D eigenvalue weighted by Gasteiger charge is 2.22. The zero-order valence-electron chi connectivity index (χ0n) is 13.3. The van der Waals surface area contributed by atoms with E-state index in [1.807, 2.05) is 60.7 Å². The van der Waals surface area contributed by atoms with Crippen LogP contribution in [0.5, 0.6) is 0 Å². The van der Waals surface area contributed by atoms with Crippen LogP contribution in [0, 0.1) is 0 Å². The van der Waals surface area contributed by atoms with Gasteiger partial charge in [0.25, 0.3) is 0 Å². The third-order valence-corrected chi connectivity index (χ3v) is 3.23. The molecule has 2 aromatic rings. The molecule has 24 heavy (non-hydrogen) atoms. The van der Waals surface area contributed by atoms with Gasteiger partial charge in [0.15, 0.2) is 6.10 Å². The van der Waals surface area contributed by atoms with E-state index in [1.165, 1.54) is 7.11 Å². The predicted molar refractivity (Wildman–Crippen MR) is 86.8 cm³/mol. The van der Waals surface area contributed by atoms with Crippen molar-refractivity contribution in [3.63, 3.8) is 0 Å². The highest BCUT2D eigenvalue weighted by atomic mass is 16.7. The van der Waals surface area contributed by atoms with Crippen LogP contribution >= 0.6 is 0 Å². The van der Waals surface area contributed by atoms with Crippen molar-refractivity contribution in [2.45, 2.75) is 19.1 Å². The highest BCUT2D eigenvalue weighted by molar-refractivity contribution is 5.75. The first-order valence-corrected chi connectivity index (χ1v) is 7.43. The maximum absolute atomic E-state index is 11.8. The lowest BCUT2D eigenvalue weighted by molar-refractivity contribution is -0.158. The smallest absolute Gasteiger partial charge is 0.431 e. The van der Waals surface area contributed by atoms with E-state index in [9.17, 15) is 9.59 Å². The molecule has 0 fully saturated rings. The van der Waals surface area contributed by atoms with Gasteiger partial charge >= 0.3 is 12.1 Å². The van der Waals surface area contributed by atoms with Crippen LogP contribution in [0.4, 0.5) is 4.79 Å². The molecule has 0 bridgehead atoms. The molecule has 1 atom stereocenters. The molecule has 1 amide bonds. The highest BCUT2D eigenvalue weighted by Crippen LogP contribution is 2.07. The second-order valence-electron chi connectivity index (χ2n) is 4.98. The van der Waals surface area contributed by atoms with Gasteiger partial charge in [0.2, 0.25) is 0 Å². The number of esters is 1. The van der Waals surface area contributed by atoms with Crippen molar-refractivity contribution in [1.29, 1.82) is 0 Å². The minimum atomic E-state index is -0.957. The fourth-order valence-corrected chi connectivity index (χ4v) is 2.00. The SMILES string of the molecule is COC(=O)[C@@H](Cc1ccccc1)ONC(=O)OCc1ccccc1. The molecule has 0 saturated carbocycles. The molecular formula is C18H19NO5. The van der Waals surface area contributed by atoms with Crippen molar-refractivity contribution in [3.8, 4) is 0 Å². The molecule has 126 valence electrons. The van der Waals surface area contributed by atoms with E-state index in [-0.39, 0.29) is 13.0 Å². The second kappa shape index (κ2) is 9.32. The summed E-state index contributed by atoms with van der Waals surface area (Å²) in [7, 11) is 1.26. The van der Waals surface area contributed by atoms with Crippen molar-refractivity contribution in [3.05, 3.63) is 71.8 Å². The van der Waals surface area contributed by atoms with Gasteiger partial charge in [0.1, 0.15) is 6.61 Å². The van der Waals surface area contributed by atoms with Crippen LogP contribution in [-0.2, 0) is 32.1 Å². The lowest BCUT2D eigenvalue weighted by Crippen LogP contribution is -2.36. The summed E-state index contributed by atoms with van der Waals surface area (Å²) in [4.78, 5) is 28.6. The number of hydrogen-bond donors (Lipinski definition) is 1. The molecular weight excluding hydrogens is 310 g/mol. The molecule has 0 unspecified atom stereocenters. The molecule has 6 heteroatoms. The lowest BCUT2D eigenvalue weighted by Gasteiger charge is -2.15. The van der Waals surface area contributed by atoms with Crippen molar-refractivity contribution >= 4 is 12.1 Å². The summed E-state index contributed by atoms with van der Waals surface area (Å²) < 4.78 is 9.71. The van der Waals surface area contributed by atoms with Crippen LogP contribution in [0.1, 0.15) is 11.1 Å². The summed E-state index contributed by atoms with van der Waals surface area (Å²) in [5, 5.41) is 0. The van der Waals surface area contributed by atoms with E-state index in [1.54, 1.807) is 0 Å². The largest absolute Gasteiger partial charge is 0.467 e. The van der Waals surface area contributed by atoms with Gasteiger partial charge in [0.05, 0.1) is 7.11 Å². The molecule has 0 aromatic heterocycles. The first-order chi connectivity index (χ1) is 11.7. The monoisotopic (exact) mass is 329 g/mol. The first-order valence-electron chi connectivity index (χ1n) is 7.43. The van der Waals surface area contributed by atoms with Crippen LogP contribution in [0.2, 0.25) is 0 Å². The quantitative estimate of drug-likeness (QED) is 0.624. The van der Waals surface area contributed by atoms with Crippen LogP contribution in [-0.4, -0.2) is 25.3 Å². The molecule has 2 rings (SSSR count). The predicted octanol–water partition coefficient (Wildman–Crippen LogP) is 2.63. The molecule has 0 aliphatic heterocycles. The fraction of sp³-hybridized carbons (Fsp3) is 0.222. The van der Waals surface area contributed by atoms with Crippen molar-refractivity contribution in [1.82, 2.24) is 5.48 Å². The van der Waals surface area contributed by atoms with E-state index in [0.717, 1.165) is 11.1 Å². The van der Waals surface area contributed by atoms with Crippen LogP contribution in [0.15, 0.2) is 60.7 Å². The van der Waals surface area contributed by atoms with Gasteiger partial charge in [0, 0.05) is 6.42 Å². The van der Waals surface area contributed by atoms with Crippen molar-refractivity contribution < 1.29 is 23.9 Å². The van der Waals surface area contributed by atoms with Gasteiger partial charge in [-0.25, -0.2) is 9.59 Å². The number of ether oxygens (including phenoxy) is 2. The fourth-order valence-electron chi connectivity index (χ4n) is 2.00. The molecule has 2 aromatic carbocycles. The third-order valence-electron chi connectivity index (χ3n) is 3.23. The van der Waals surface area contributed by atoms with Crippen LogP contribution < -0.4 is 5.48 Å². The maximum Gasteiger partial charge on any atom is 0.431 e. The summed E-state index contributed by atoms with van der Waals surface area (Å²) in [5.41, 5.74) is 3.86. The summed E-state index contributed by atoms with van der Waals surface area (Å²) in [6, 6.07) is 18.5. The average molecular weight is 329 g/mol. The molecule has 0 saturated heterocycles. The molecule has 1 N–H and O–H groups in total. The van der Waals surface area contributed by atoms with Gasteiger partial charge < -0.3 is 9.47 Å². The number of carbonyl (C=O) groups excluding carboxylic acids is 2. The number of methoxy groups -OCH3 is 1. The van der Waals surface area contributed by atoms with Gasteiger partial charge in [-0.15, -0.1) is 0 Å². The van der Waals surface area contributed by atoms with Crippen molar-refractivity contribution in [2.24, 2.45) is 0 Å². The Morgan fingerprint density at radius 1 is 0.958 bits per heavy atom. The minimum Gasteiger partial charge on any atom is -0.467 e. The molecule has 0 radical (unpaired) electrons. The van der Waals surface area contributed by atoms with Crippen LogP contribution in [0.3, 0.4) is 0 Å². The van der Waals surface area contributed by atoms with Gasteiger partial charge in [-0.1, -0.05) is 60.7 Å². The Morgan fingerprint density at radius 3 is 2.12 bits per heavy atom. The summed E-state index contributed by atoms with van der Waals surface area (Å²) in [6.45, 7) is 0.109. The Bertz CT molecular complexity index is 645. The Morgan fingerprint density at radius 2 is 1.54 bits per heavy atom. The lowest BCUT2D eigenvalue weighted by atomic mass is 10.1. The van der Waals surface area contributed by atoms with E-state index in [0.29, 0.717) is 0 Å². The third kappa shape index (κ3) is 5.73. The number of amides is 1. The summed E-state index contributed by atoms with van der Waals surface area (Å²) >= 11 is 0. The molecule has 0 spiro atoms. The van der Waals surface area contributed by atoms with Crippen molar-refractivity contribution in [2.75, 3.05) is 7.11 Å². The molecule has 0 aliphatic rings. The minimum absolute atomic E-state index is 0.109. The number of hydrogen-bond acceptors (Lipinski definition) is 5. The van der Waals surface area contributed by atoms with Gasteiger partial charge in [-0.2, -0.15) is 5.48 Å². The average Bonchev–Trinajstić information content (AvgIpc) is 2.64. The Labute approximate surface area is 140 Å². The van der Waals surface area contributed by atoms with E-state index in [2.05, 4.69) is 5.48 Å². The number of rotatable bonds is 7.